The lowest BCUT2D eigenvalue weighted by Gasteiger charge is -1.71. The van der Waals surface area contributed by atoms with Crippen molar-refractivity contribution in [3.63, 3.8) is 0 Å². The maximum absolute atomic E-state index is 3.56. The lowest BCUT2D eigenvalue weighted by molar-refractivity contribution is 1.09. The van der Waals surface area contributed by atoms with Crippen LogP contribution < -0.4 is 0 Å². The van der Waals surface area contributed by atoms with Crippen LogP contribution in [0.3, 0.4) is 0 Å². The van der Waals surface area contributed by atoms with Gasteiger partial charge in [-0.25, -0.2) is 0 Å². The Bertz CT molecular complexity index is 60.4. The molecule has 0 rings (SSSR count). The molecule has 0 aromatic carbocycles. The van der Waals surface area contributed by atoms with Gasteiger partial charge < -0.3 is 0 Å². The molecule has 0 fully saturated rings. The molecule has 0 heterocycles. The second-order valence-corrected chi connectivity index (χ2v) is 1.76. The van der Waals surface area contributed by atoms with Crippen LogP contribution in [0.1, 0.15) is 41.0 Å². The summed E-state index contributed by atoms with van der Waals surface area (Å²) in [6.07, 6.45) is 2.97. The van der Waals surface area contributed by atoms with Crippen LogP contribution in [0, 0.1) is 0 Å². The highest BCUT2D eigenvalue weighted by Gasteiger charge is 1.59. The van der Waals surface area contributed by atoms with E-state index in [4.69, 9.17) is 0 Å². The summed E-state index contributed by atoms with van der Waals surface area (Å²) in [6.45, 7) is 17.2. The zero-order chi connectivity index (χ0) is 8.99. The maximum atomic E-state index is 3.56. The third kappa shape index (κ3) is 143. The fraction of sp³-hybridized carbons (Fsp3) is 0.600. The molecule has 0 unspecified atom stereocenters. The molecule has 0 bridgehead atoms. The van der Waals surface area contributed by atoms with Gasteiger partial charge in [0.25, 0.3) is 0 Å². The molecule has 0 radical (unpaired) electrons. The van der Waals surface area contributed by atoms with Crippen molar-refractivity contribution in [1.82, 2.24) is 0 Å². The van der Waals surface area contributed by atoms with Crippen LogP contribution >= 0.6 is 0 Å². The molecule has 0 aliphatic heterocycles. The number of rotatable bonds is 1. The van der Waals surface area contributed by atoms with Crippen molar-refractivity contribution in [3.05, 3.63) is 24.8 Å². The Kier molecular flexibility index (Phi) is 38.4. The summed E-state index contributed by atoms with van der Waals surface area (Å²) < 4.78 is 0. The van der Waals surface area contributed by atoms with E-state index in [0.717, 1.165) is 5.57 Å². The molecule has 0 saturated heterocycles. The molecule has 0 spiro atoms. The van der Waals surface area contributed by atoms with E-state index < -0.39 is 0 Å². The summed E-state index contributed by atoms with van der Waals surface area (Å²) in [5.41, 5.74) is 1.02. The minimum absolute atomic E-state index is 1.02. The van der Waals surface area contributed by atoms with Crippen molar-refractivity contribution in [2.75, 3.05) is 0 Å². The van der Waals surface area contributed by atoms with Crippen LogP contribution in [-0.4, -0.2) is 0 Å². The first-order valence-corrected chi connectivity index (χ1v) is 3.96. The summed E-state index contributed by atoms with van der Waals surface area (Å²) in [6, 6.07) is 0. The SMILES string of the molecule is C=CC(=C)C.CC.CCC. The Balaban J connectivity index is -0.0000000847. The Labute approximate surface area is 66.7 Å². The lowest BCUT2D eigenvalue weighted by atomic mass is 10.4. The molecule has 62 valence electrons. The smallest absolute Gasteiger partial charge is 0.0404 e. The number of allylic oxidation sites excluding steroid dienone is 2. The van der Waals surface area contributed by atoms with E-state index in [0.29, 0.717) is 0 Å². The third-order valence-corrected chi connectivity index (χ3v) is 0.348. The van der Waals surface area contributed by atoms with Gasteiger partial charge >= 0.3 is 0 Å². The van der Waals surface area contributed by atoms with Gasteiger partial charge in [0.2, 0.25) is 0 Å². The predicted molar refractivity (Wildman–Crippen MR) is 52.3 cm³/mol. The summed E-state index contributed by atoms with van der Waals surface area (Å²) in [5.74, 6) is 0. The molecule has 0 aromatic rings. The average molecular weight is 142 g/mol. The van der Waals surface area contributed by atoms with Crippen molar-refractivity contribution in [3.8, 4) is 0 Å². The first-order valence-electron chi connectivity index (χ1n) is 3.96. The molecule has 0 saturated carbocycles. The predicted octanol–water partition coefficient (Wildman–Crippen LogP) is 4.19. The van der Waals surface area contributed by atoms with E-state index in [9.17, 15) is 0 Å². The van der Waals surface area contributed by atoms with Gasteiger partial charge in [0, 0.05) is 0 Å². The first-order chi connectivity index (χ1) is 4.68. The van der Waals surface area contributed by atoms with Gasteiger partial charge in [-0.3, -0.25) is 0 Å². The van der Waals surface area contributed by atoms with Gasteiger partial charge in [0.15, 0.2) is 0 Å². The monoisotopic (exact) mass is 142 g/mol. The minimum Gasteiger partial charge on any atom is -0.0988 e. The summed E-state index contributed by atoms with van der Waals surface area (Å²) in [5, 5.41) is 0. The Morgan fingerprint density at radius 1 is 1.30 bits per heavy atom. The van der Waals surface area contributed by atoms with E-state index in [1.54, 1.807) is 6.08 Å². The highest BCUT2D eigenvalue weighted by Crippen LogP contribution is 1.81. The molecular weight excluding hydrogens is 120 g/mol. The molecule has 10 heavy (non-hydrogen) atoms. The second kappa shape index (κ2) is 23.6. The standard InChI is InChI=1S/C5H8.C3H8.C2H6/c1-4-5(2)3;1-3-2;1-2/h4H,1-2H2,3H3;3H2,1-2H3;1-2H3. The Morgan fingerprint density at radius 2 is 1.40 bits per heavy atom. The zero-order valence-electron chi connectivity index (χ0n) is 8.20. The van der Waals surface area contributed by atoms with E-state index >= 15 is 0 Å². The highest BCUT2D eigenvalue weighted by molar-refractivity contribution is 5.05. The van der Waals surface area contributed by atoms with E-state index in [2.05, 4.69) is 27.0 Å². The van der Waals surface area contributed by atoms with E-state index in [1.165, 1.54) is 6.42 Å². The van der Waals surface area contributed by atoms with Gasteiger partial charge in [-0.2, -0.15) is 0 Å². The largest absolute Gasteiger partial charge is 0.0988 e. The normalized spacial score (nSPS) is 5.70. The van der Waals surface area contributed by atoms with Crippen molar-refractivity contribution < 1.29 is 0 Å². The van der Waals surface area contributed by atoms with Crippen molar-refractivity contribution >= 4 is 0 Å². The Morgan fingerprint density at radius 3 is 1.40 bits per heavy atom. The van der Waals surface area contributed by atoms with Crippen LogP contribution in [0.2, 0.25) is 0 Å². The van der Waals surface area contributed by atoms with E-state index in [1.807, 2.05) is 20.8 Å². The van der Waals surface area contributed by atoms with E-state index in [-0.39, 0.29) is 0 Å². The van der Waals surface area contributed by atoms with Crippen LogP contribution in [0.5, 0.6) is 0 Å². The summed E-state index contributed by atoms with van der Waals surface area (Å²) >= 11 is 0. The maximum Gasteiger partial charge on any atom is -0.0404 e. The van der Waals surface area contributed by atoms with Crippen LogP contribution in [0.4, 0.5) is 0 Å². The first kappa shape index (κ1) is 16.2. The molecular formula is C10H22. The fourth-order valence-electron chi connectivity index (χ4n) is 0. The van der Waals surface area contributed by atoms with Gasteiger partial charge in [-0.05, 0) is 6.92 Å². The quantitative estimate of drug-likeness (QED) is 0.481. The topological polar surface area (TPSA) is 0 Å². The average Bonchev–Trinajstić information content (AvgIpc) is 1.94. The molecule has 0 heteroatoms. The number of hydrogen-bond acceptors (Lipinski definition) is 0. The second-order valence-electron chi connectivity index (χ2n) is 1.76. The molecule has 0 aromatic heterocycles. The van der Waals surface area contributed by atoms with Crippen LogP contribution in [0.25, 0.3) is 0 Å². The van der Waals surface area contributed by atoms with Gasteiger partial charge in [-0.15, -0.1) is 0 Å². The molecule has 0 N–H and O–H groups in total. The third-order valence-electron chi connectivity index (χ3n) is 0.348. The molecule has 0 aliphatic rings. The summed E-state index contributed by atoms with van der Waals surface area (Å²) in [7, 11) is 0. The zero-order valence-corrected chi connectivity index (χ0v) is 8.20. The van der Waals surface area contributed by atoms with Crippen LogP contribution in [0.15, 0.2) is 24.8 Å². The van der Waals surface area contributed by atoms with Crippen molar-refractivity contribution in [2.45, 2.75) is 41.0 Å². The number of hydrogen-bond donors (Lipinski definition) is 0. The van der Waals surface area contributed by atoms with Crippen molar-refractivity contribution in [1.29, 1.82) is 0 Å². The van der Waals surface area contributed by atoms with Gasteiger partial charge in [0.05, 0.1) is 0 Å². The lowest BCUT2D eigenvalue weighted by Crippen LogP contribution is -1.50. The minimum atomic E-state index is 1.02. The van der Waals surface area contributed by atoms with Crippen LogP contribution in [-0.2, 0) is 0 Å². The van der Waals surface area contributed by atoms with Gasteiger partial charge in [0.1, 0.15) is 0 Å². The fourth-order valence-corrected chi connectivity index (χ4v) is 0. The summed E-state index contributed by atoms with van der Waals surface area (Å²) in [4.78, 5) is 0. The molecule has 0 atom stereocenters. The molecule has 0 nitrogen and oxygen atoms in total. The Hall–Kier alpha value is -0.520. The molecule has 0 aliphatic carbocycles. The van der Waals surface area contributed by atoms with Gasteiger partial charge in [-0.1, -0.05) is 58.9 Å². The molecule has 0 amide bonds. The van der Waals surface area contributed by atoms with Crippen molar-refractivity contribution in [2.24, 2.45) is 0 Å². The highest BCUT2D eigenvalue weighted by atomic mass is 13.7.